The van der Waals surface area contributed by atoms with Gasteiger partial charge in [0, 0.05) is 18.4 Å². The van der Waals surface area contributed by atoms with Crippen molar-refractivity contribution in [3.63, 3.8) is 0 Å². The van der Waals surface area contributed by atoms with Crippen molar-refractivity contribution in [2.45, 2.75) is 57.9 Å². The second-order valence-corrected chi connectivity index (χ2v) is 5.66. The number of aromatic nitrogens is 4. The number of carboxylic acid groups (broad SMARTS) is 1. The number of hydrogen-bond acceptors (Lipinski definition) is 4. The van der Waals surface area contributed by atoms with Crippen LogP contribution in [0.4, 0.5) is 0 Å². The van der Waals surface area contributed by atoms with Gasteiger partial charge in [-0.25, -0.2) is 4.68 Å². The molecule has 1 aromatic heterocycles. The van der Waals surface area contributed by atoms with E-state index < -0.39 is 5.97 Å². The fraction of sp³-hybridized carbons (Fsp3) is 0.833. The smallest absolute Gasteiger partial charge is 0.303 e. The zero-order valence-corrected chi connectivity index (χ0v) is 11.0. The second kappa shape index (κ2) is 5.04. The molecule has 1 aliphatic carbocycles. The molecule has 1 unspecified atom stereocenters. The second-order valence-electron chi connectivity index (χ2n) is 5.66. The summed E-state index contributed by atoms with van der Waals surface area (Å²) >= 11 is 0. The minimum atomic E-state index is -0.774. The molecule has 1 saturated carbocycles. The Bertz CT molecular complexity index is 423. The molecule has 1 N–H and O–H groups in total. The molecule has 1 heterocycles. The molecular formula is C12H20N4O2. The molecule has 1 atom stereocenters. The van der Waals surface area contributed by atoms with Gasteiger partial charge in [0.2, 0.25) is 0 Å². The summed E-state index contributed by atoms with van der Waals surface area (Å²) in [5, 5.41) is 20.7. The molecule has 1 aromatic rings. The van der Waals surface area contributed by atoms with Gasteiger partial charge in [0.15, 0.2) is 5.82 Å². The summed E-state index contributed by atoms with van der Waals surface area (Å²) in [7, 11) is 0. The zero-order valence-electron chi connectivity index (χ0n) is 11.0. The molecule has 0 saturated heterocycles. The van der Waals surface area contributed by atoms with Gasteiger partial charge >= 0.3 is 5.97 Å². The van der Waals surface area contributed by atoms with Crippen molar-refractivity contribution < 1.29 is 9.90 Å². The normalized spacial score (nSPS) is 19.9. The Hall–Kier alpha value is -1.46. The van der Waals surface area contributed by atoms with Crippen LogP contribution in [0.1, 0.15) is 51.8 Å². The molecule has 0 bridgehead atoms. The molecule has 1 aliphatic rings. The summed E-state index contributed by atoms with van der Waals surface area (Å²) in [5.74, 6) is 0.177. The molecule has 6 nitrogen and oxygen atoms in total. The van der Waals surface area contributed by atoms with Crippen molar-refractivity contribution in [3.8, 4) is 0 Å². The minimum absolute atomic E-state index is 0.0368. The third kappa shape index (κ3) is 2.68. The standard InChI is InChI=1S/C12H20N4O2/c1-9(7-10(17)18)8-16-11(13-14-15-16)12(2)5-3-4-6-12/h9H,3-8H2,1-2H3,(H,17,18). The van der Waals surface area contributed by atoms with Crippen molar-refractivity contribution in [3.05, 3.63) is 5.82 Å². The van der Waals surface area contributed by atoms with Crippen LogP contribution in [0.2, 0.25) is 0 Å². The van der Waals surface area contributed by atoms with Gasteiger partial charge in [-0.3, -0.25) is 4.79 Å². The number of nitrogens with zero attached hydrogens (tertiary/aromatic N) is 4. The van der Waals surface area contributed by atoms with Crippen LogP contribution >= 0.6 is 0 Å². The average Bonchev–Trinajstić information content (AvgIpc) is 2.86. The Balaban J connectivity index is 2.10. The maximum absolute atomic E-state index is 10.7. The molecule has 2 rings (SSSR count). The Morgan fingerprint density at radius 1 is 1.50 bits per heavy atom. The molecule has 18 heavy (non-hydrogen) atoms. The van der Waals surface area contributed by atoms with Gasteiger partial charge in [-0.05, 0) is 29.2 Å². The molecule has 0 aromatic carbocycles. The topological polar surface area (TPSA) is 80.9 Å². The van der Waals surface area contributed by atoms with E-state index in [0.29, 0.717) is 6.54 Å². The monoisotopic (exact) mass is 252 g/mol. The maximum atomic E-state index is 10.7. The first-order chi connectivity index (χ1) is 8.51. The number of rotatable bonds is 5. The number of hydrogen-bond donors (Lipinski definition) is 1. The third-order valence-corrected chi connectivity index (χ3v) is 3.79. The minimum Gasteiger partial charge on any atom is -0.481 e. The first-order valence-corrected chi connectivity index (χ1v) is 6.50. The third-order valence-electron chi connectivity index (χ3n) is 3.79. The lowest BCUT2D eigenvalue weighted by Crippen LogP contribution is -2.25. The van der Waals surface area contributed by atoms with Crippen molar-refractivity contribution >= 4 is 5.97 Å². The van der Waals surface area contributed by atoms with E-state index in [1.54, 1.807) is 4.68 Å². The van der Waals surface area contributed by atoms with E-state index in [0.717, 1.165) is 18.7 Å². The van der Waals surface area contributed by atoms with Crippen LogP contribution in [-0.2, 0) is 16.8 Å². The van der Waals surface area contributed by atoms with E-state index in [1.807, 2.05) is 6.92 Å². The zero-order chi connectivity index (χ0) is 13.2. The summed E-state index contributed by atoms with van der Waals surface area (Å²) in [5.41, 5.74) is 0.0619. The van der Waals surface area contributed by atoms with E-state index in [9.17, 15) is 4.79 Å². The summed E-state index contributed by atoms with van der Waals surface area (Å²) in [4.78, 5) is 10.7. The lowest BCUT2D eigenvalue weighted by Gasteiger charge is -2.22. The van der Waals surface area contributed by atoms with E-state index in [4.69, 9.17) is 5.11 Å². The lowest BCUT2D eigenvalue weighted by molar-refractivity contribution is -0.138. The van der Waals surface area contributed by atoms with Crippen LogP contribution in [0.5, 0.6) is 0 Å². The quantitative estimate of drug-likeness (QED) is 0.861. The van der Waals surface area contributed by atoms with E-state index >= 15 is 0 Å². The van der Waals surface area contributed by atoms with Crippen molar-refractivity contribution in [1.82, 2.24) is 20.2 Å². The Morgan fingerprint density at radius 3 is 2.78 bits per heavy atom. The van der Waals surface area contributed by atoms with Crippen LogP contribution < -0.4 is 0 Å². The number of tetrazole rings is 1. The van der Waals surface area contributed by atoms with Crippen molar-refractivity contribution in [1.29, 1.82) is 0 Å². The first-order valence-electron chi connectivity index (χ1n) is 6.50. The first kappa shape index (κ1) is 13.0. The van der Waals surface area contributed by atoms with E-state index in [-0.39, 0.29) is 17.8 Å². The SMILES string of the molecule is CC(CC(=O)O)Cn1nnnc1C1(C)CCCC1. The van der Waals surface area contributed by atoms with Crippen molar-refractivity contribution in [2.24, 2.45) is 5.92 Å². The molecular weight excluding hydrogens is 232 g/mol. The van der Waals surface area contributed by atoms with E-state index in [1.165, 1.54) is 12.8 Å². The molecule has 6 heteroatoms. The molecule has 0 amide bonds. The average molecular weight is 252 g/mol. The molecule has 100 valence electrons. The largest absolute Gasteiger partial charge is 0.481 e. The predicted molar refractivity (Wildman–Crippen MR) is 65.1 cm³/mol. The summed E-state index contributed by atoms with van der Waals surface area (Å²) in [6, 6.07) is 0. The lowest BCUT2D eigenvalue weighted by atomic mass is 9.88. The van der Waals surface area contributed by atoms with Gasteiger partial charge in [0.05, 0.1) is 0 Å². The van der Waals surface area contributed by atoms with Gasteiger partial charge < -0.3 is 5.11 Å². The Morgan fingerprint density at radius 2 is 2.17 bits per heavy atom. The molecule has 1 fully saturated rings. The van der Waals surface area contributed by atoms with Crippen LogP contribution in [0, 0.1) is 5.92 Å². The Kier molecular flexibility index (Phi) is 3.63. The fourth-order valence-corrected chi connectivity index (χ4v) is 2.80. The predicted octanol–water partition coefficient (Wildman–Crippen LogP) is 1.62. The van der Waals surface area contributed by atoms with Crippen molar-refractivity contribution in [2.75, 3.05) is 0 Å². The molecule has 0 radical (unpaired) electrons. The van der Waals surface area contributed by atoms with Gasteiger partial charge in [0.25, 0.3) is 0 Å². The number of aliphatic carboxylic acids is 1. The molecule has 0 aliphatic heterocycles. The van der Waals surface area contributed by atoms with E-state index in [2.05, 4.69) is 22.4 Å². The number of carboxylic acids is 1. The summed E-state index contributed by atoms with van der Waals surface area (Å²) in [6.45, 7) is 4.69. The van der Waals surface area contributed by atoms with Crippen LogP contribution in [-0.4, -0.2) is 31.3 Å². The number of carbonyl (C=O) groups is 1. The highest BCUT2D eigenvalue weighted by Crippen LogP contribution is 2.39. The van der Waals surface area contributed by atoms with Gasteiger partial charge in [-0.2, -0.15) is 0 Å². The highest BCUT2D eigenvalue weighted by Gasteiger charge is 2.35. The summed E-state index contributed by atoms with van der Waals surface area (Å²) < 4.78 is 1.79. The van der Waals surface area contributed by atoms with Gasteiger partial charge in [0.1, 0.15) is 0 Å². The maximum Gasteiger partial charge on any atom is 0.303 e. The van der Waals surface area contributed by atoms with Crippen LogP contribution in [0.25, 0.3) is 0 Å². The molecule has 0 spiro atoms. The van der Waals surface area contributed by atoms with Gasteiger partial charge in [-0.1, -0.05) is 26.7 Å². The Labute approximate surface area is 106 Å². The van der Waals surface area contributed by atoms with Gasteiger partial charge in [-0.15, -0.1) is 5.10 Å². The highest BCUT2D eigenvalue weighted by atomic mass is 16.4. The van der Waals surface area contributed by atoms with Crippen LogP contribution in [0.15, 0.2) is 0 Å². The summed E-state index contributed by atoms with van der Waals surface area (Å²) in [6.07, 6.45) is 4.81. The fourth-order valence-electron chi connectivity index (χ4n) is 2.80. The highest BCUT2D eigenvalue weighted by molar-refractivity contribution is 5.66. The van der Waals surface area contributed by atoms with Crippen LogP contribution in [0.3, 0.4) is 0 Å².